The van der Waals surface area contributed by atoms with Crippen LogP contribution in [0.4, 0.5) is 4.39 Å². The lowest BCUT2D eigenvalue weighted by Crippen LogP contribution is -2.53. The molecule has 0 bridgehead atoms. The Hall–Kier alpha value is -2.63. The highest BCUT2D eigenvalue weighted by molar-refractivity contribution is 7.82. The topological polar surface area (TPSA) is 115 Å². The molecule has 6 N–H and O–H groups in total. The molecule has 0 aromatic heterocycles. The van der Waals surface area contributed by atoms with Gasteiger partial charge in [0.05, 0.1) is 4.90 Å². The molecule has 2 aliphatic rings. The molecule has 2 unspecified atom stereocenters. The Labute approximate surface area is 208 Å². The number of aliphatic imine (C=N–C) groups is 1. The smallest absolute Gasteiger partial charge is 0.173 e. The molecule has 0 amide bonds. The van der Waals surface area contributed by atoms with Crippen molar-refractivity contribution in [2.75, 3.05) is 19.6 Å². The Bertz CT molecular complexity index is 1140. The van der Waals surface area contributed by atoms with Crippen molar-refractivity contribution in [3.05, 3.63) is 65.0 Å². The van der Waals surface area contributed by atoms with Crippen LogP contribution in [0.1, 0.15) is 30.5 Å². The zero-order chi connectivity index (χ0) is 24.9. The monoisotopic (exact) mass is 500 g/mol. The largest absolute Gasteiger partial charge is 0.507 e. The summed E-state index contributed by atoms with van der Waals surface area (Å²) in [5, 5.41) is 25.3. The number of nitrogens with two attached hydrogens (primary N) is 1. The number of piperazine rings is 1. The molecular weight excluding hydrogens is 467 g/mol. The molecule has 188 valence electrons. The van der Waals surface area contributed by atoms with Crippen molar-refractivity contribution in [3.8, 4) is 5.75 Å². The predicted molar refractivity (Wildman–Crippen MR) is 138 cm³/mol. The lowest BCUT2D eigenvalue weighted by atomic mass is 10.0. The maximum absolute atomic E-state index is 14.8. The first-order valence-corrected chi connectivity index (χ1v) is 13.0. The number of phenolic OH excluding ortho intramolecular Hbond substituents is 1. The van der Waals surface area contributed by atoms with E-state index < -0.39 is 17.3 Å². The Morgan fingerprint density at radius 2 is 2.06 bits per heavy atom. The van der Waals surface area contributed by atoms with E-state index in [-0.39, 0.29) is 16.5 Å². The summed E-state index contributed by atoms with van der Waals surface area (Å²) in [4.78, 5) is 7.02. The van der Waals surface area contributed by atoms with E-state index in [9.17, 15) is 13.7 Å². The van der Waals surface area contributed by atoms with Crippen LogP contribution in [0.5, 0.6) is 5.75 Å². The lowest BCUT2D eigenvalue weighted by molar-refractivity contribution is 0.139. The zero-order valence-electron chi connectivity index (χ0n) is 20.0. The van der Waals surface area contributed by atoms with Gasteiger partial charge in [-0.15, -0.1) is 0 Å². The minimum absolute atomic E-state index is 0.0811. The number of allylic oxidation sites excluding steroid dienone is 1. The maximum atomic E-state index is 14.8. The van der Waals surface area contributed by atoms with E-state index in [1.165, 1.54) is 6.07 Å². The van der Waals surface area contributed by atoms with Gasteiger partial charge in [-0.25, -0.2) is 13.7 Å². The first kappa shape index (κ1) is 25.5. The van der Waals surface area contributed by atoms with Crippen LogP contribution in [-0.4, -0.2) is 58.4 Å². The Morgan fingerprint density at radius 1 is 1.26 bits per heavy atom. The van der Waals surface area contributed by atoms with Gasteiger partial charge in [0.25, 0.3) is 0 Å². The number of halogens is 1. The van der Waals surface area contributed by atoms with Crippen LogP contribution >= 0.6 is 0 Å². The fourth-order valence-corrected chi connectivity index (χ4v) is 4.85. The van der Waals surface area contributed by atoms with Crippen molar-refractivity contribution in [2.24, 2.45) is 10.1 Å². The van der Waals surface area contributed by atoms with E-state index in [0.717, 1.165) is 30.8 Å². The third-order valence-electron chi connectivity index (χ3n) is 6.36. The Morgan fingerprint density at radius 3 is 2.83 bits per heavy atom. The first-order chi connectivity index (χ1) is 16.8. The average molecular weight is 501 g/mol. The summed E-state index contributed by atoms with van der Waals surface area (Å²) in [6.07, 6.45) is 3.66. The van der Waals surface area contributed by atoms with Crippen LogP contribution in [-0.2, 0) is 24.0 Å². The molecule has 35 heavy (non-hydrogen) atoms. The molecule has 0 radical (unpaired) electrons. The molecular formula is C25H33FN6O2S. The molecule has 4 atom stereocenters. The number of hydrogen-bond donors (Lipinski definition) is 5. The van der Waals surface area contributed by atoms with Crippen molar-refractivity contribution >= 4 is 22.9 Å². The maximum Gasteiger partial charge on any atom is 0.173 e. The quantitative estimate of drug-likeness (QED) is 0.378. The van der Waals surface area contributed by atoms with Gasteiger partial charge in [-0.1, -0.05) is 12.1 Å². The van der Waals surface area contributed by atoms with E-state index in [2.05, 4.69) is 39.7 Å². The number of rotatable bonds is 8. The molecule has 0 saturated carbocycles. The summed E-state index contributed by atoms with van der Waals surface area (Å²) in [6, 6.07) is 11.1. The SMILES string of the molecule is C[C@H]1CN(Cc2ccc(F)c(C3=CC=NC(NCCc4ccc(S(N)=O)c(O)c4)N3)c2)[C@@H](C)CN1. The molecule has 0 aliphatic carbocycles. The van der Waals surface area contributed by atoms with E-state index in [0.29, 0.717) is 36.3 Å². The average Bonchev–Trinajstić information content (AvgIpc) is 2.82. The molecule has 8 nitrogen and oxygen atoms in total. The van der Waals surface area contributed by atoms with Crippen LogP contribution in [0, 0.1) is 5.82 Å². The second-order valence-electron chi connectivity index (χ2n) is 9.13. The highest BCUT2D eigenvalue weighted by Crippen LogP contribution is 2.23. The molecule has 2 aliphatic heterocycles. The van der Waals surface area contributed by atoms with E-state index >= 15 is 0 Å². The van der Waals surface area contributed by atoms with Crippen LogP contribution in [0.25, 0.3) is 5.70 Å². The third kappa shape index (κ3) is 6.53. The molecule has 4 rings (SSSR count). The standard InChI is InChI=1S/C25H33FN6O2S/c1-16-14-32(17(2)13-30-16)15-19-3-5-21(26)20(11-19)22-8-10-29-25(31-22)28-9-7-18-4-6-24(35(27)34)23(33)12-18/h3-6,8,10-12,16-17,25,28,30-31,33H,7,9,13-15,27H2,1-2H3/t16-,17-,25?,35?/m0/s1. The predicted octanol–water partition coefficient (Wildman–Crippen LogP) is 1.83. The van der Waals surface area contributed by atoms with E-state index in [1.54, 1.807) is 30.5 Å². The summed E-state index contributed by atoms with van der Waals surface area (Å²) >= 11 is 0. The van der Waals surface area contributed by atoms with Gasteiger partial charge in [-0.2, -0.15) is 0 Å². The Balaban J connectivity index is 1.36. The fourth-order valence-electron chi connectivity index (χ4n) is 4.38. The van der Waals surface area contributed by atoms with Crippen LogP contribution in [0.15, 0.2) is 52.4 Å². The van der Waals surface area contributed by atoms with Crippen molar-refractivity contribution in [2.45, 2.75) is 50.1 Å². The summed E-state index contributed by atoms with van der Waals surface area (Å²) in [5.74, 6) is -0.362. The number of phenols is 1. The number of benzene rings is 2. The number of hydrogen-bond acceptors (Lipinski definition) is 7. The van der Waals surface area contributed by atoms with E-state index in [1.807, 2.05) is 12.1 Å². The van der Waals surface area contributed by atoms with Gasteiger partial charge in [0, 0.05) is 55.7 Å². The first-order valence-electron chi connectivity index (χ1n) is 11.8. The van der Waals surface area contributed by atoms with Crippen LogP contribution < -0.4 is 21.1 Å². The molecule has 1 saturated heterocycles. The summed E-state index contributed by atoms with van der Waals surface area (Å²) in [6.45, 7) is 7.62. The molecule has 2 heterocycles. The van der Waals surface area contributed by atoms with Gasteiger partial charge in [0.15, 0.2) is 6.29 Å². The highest BCUT2D eigenvalue weighted by Gasteiger charge is 2.23. The minimum Gasteiger partial charge on any atom is -0.507 e. The molecule has 2 aromatic rings. The minimum atomic E-state index is -1.73. The van der Waals surface area contributed by atoms with E-state index in [4.69, 9.17) is 5.14 Å². The van der Waals surface area contributed by atoms with Gasteiger partial charge in [0.1, 0.15) is 22.6 Å². The van der Waals surface area contributed by atoms with Gasteiger partial charge >= 0.3 is 0 Å². The van der Waals surface area contributed by atoms with Crippen molar-refractivity contribution in [1.82, 2.24) is 20.9 Å². The summed E-state index contributed by atoms with van der Waals surface area (Å²) in [5.41, 5.74) is 3.13. The zero-order valence-corrected chi connectivity index (χ0v) is 20.8. The molecule has 0 spiro atoms. The number of nitrogens with zero attached hydrogens (tertiary/aromatic N) is 2. The molecule has 10 heteroatoms. The lowest BCUT2D eigenvalue weighted by Gasteiger charge is -2.37. The summed E-state index contributed by atoms with van der Waals surface area (Å²) < 4.78 is 26.1. The van der Waals surface area contributed by atoms with Gasteiger partial charge < -0.3 is 15.7 Å². The fraction of sp³-hybridized carbons (Fsp3) is 0.400. The summed E-state index contributed by atoms with van der Waals surface area (Å²) in [7, 11) is -1.73. The molecule has 2 aromatic carbocycles. The van der Waals surface area contributed by atoms with Gasteiger partial charge in [-0.3, -0.25) is 15.2 Å². The highest BCUT2D eigenvalue weighted by atomic mass is 32.2. The van der Waals surface area contributed by atoms with Crippen molar-refractivity contribution in [3.63, 3.8) is 0 Å². The normalized spacial score (nSPS) is 23.5. The van der Waals surface area contributed by atoms with Gasteiger partial charge in [-0.05, 0) is 61.7 Å². The second-order valence-corrected chi connectivity index (χ2v) is 10.2. The number of aromatic hydroxyl groups is 1. The molecule has 1 fully saturated rings. The number of nitrogens with one attached hydrogen (secondary N) is 3. The van der Waals surface area contributed by atoms with Crippen molar-refractivity contribution < 1.29 is 13.7 Å². The second kappa shape index (κ2) is 11.4. The third-order valence-corrected chi connectivity index (χ3v) is 7.14. The van der Waals surface area contributed by atoms with Gasteiger partial charge in [0.2, 0.25) is 0 Å². The Kier molecular flexibility index (Phi) is 8.30. The van der Waals surface area contributed by atoms with Crippen molar-refractivity contribution in [1.29, 1.82) is 0 Å². The van der Waals surface area contributed by atoms with Crippen LogP contribution in [0.3, 0.4) is 0 Å². The van der Waals surface area contributed by atoms with Crippen LogP contribution in [0.2, 0.25) is 0 Å².